The zero-order valence-corrected chi connectivity index (χ0v) is 10.7. The fourth-order valence-corrected chi connectivity index (χ4v) is 2.55. The van der Waals surface area contributed by atoms with Crippen LogP contribution in [0, 0.1) is 0 Å². The van der Waals surface area contributed by atoms with Crippen LogP contribution < -0.4 is 14.8 Å². The lowest BCUT2D eigenvalue weighted by Gasteiger charge is -2.42. The minimum absolute atomic E-state index is 0.0967. The molecule has 0 amide bonds. The standard InChI is InChI=1S/C14H19NO3/c1-15-8-14(9-16-10-14)11-3-4-12-13(7-11)18-6-2-5-17-12/h3-4,7,15H,2,5-6,8-10H2,1H3. The third-order valence-electron chi connectivity index (χ3n) is 3.63. The molecule has 4 heteroatoms. The fraction of sp³-hybridized carbons (Fsp3) is 0.571. The second-order valence-electron chi connectivity index (χ2n) is 5.02. The van der Waals surface area contributed by atoms with Gasteiger partial charge in [-0.2, -0.15) is 0 Å². The first-order valence-corrected chi connectivity index (χ1v) is 6.47. The van der Waals surface area contributed by atoms with E-state index < -0.39 is 0 Å². The minimum Gasteiger partial charge on any atom is -0.490 e. The topological polar surface area (TPSA) is 39.7 Å². The maximum absolute atomic E-state index is 5.74. The monoisotopic (exact) mass is 249 g/mol. The molecule has 0 unspecified atom stereocenters. The van der Waals surface area contributed by atoms with Crippen molar-refractivity contribution in [3.63, 3.8) is 0 Å². The van der Waals surface area contributed by atoms with Gasteiger partial charge in [-0.1, -0.05) is 6.07 Å². The Labute approximate surface area is 107 Å². The number of likely N-dealkylation sites (N-methyl/N-ethyl adjacent to an activating group) is 1. The Kier molecular flexibility index (Phi) is 3.14. The van der Waals surface area contributed by atoms with Crippen molar-refractivity contribution in [2.45, 2.75) is 11.8 Å². The smallest absolute Gasteiger partial charge is 0.161 e. The van der Waals surface area contributed by atoms with Gasteiger partial charge in [0.1, 0.15) is 0 Å². The summed E-state index contributed by atoms with van der Waals surface area (Å²) in [6.45, 7) is 3.93. The lowest BCUT2D eigenvalue weighted by atomic mass is 9.78. The Morgan fingerprint density at radius 3 is 2.61 bits per heavy atom. The molecule has 0 radical (unpaired) electrons. The molecule has 1 fully saturated rings. The normalized spacial score (nSPS) is 20.9. The maximum Gasteiger partial charge on any atom is 0.161 e. The summed E-state index contributed by atoms with van der Waals surface area (Å²) in [5, 5.41) is 3.25. The molecule has 0 atom stereocenters. The van der Waals surface area contributed by atoms with Crippen molar-refractivity contribution in [2.75, 3.05) is 40.0 Å². The molecule has 0 aromatic heterocycles. The Bertz CT molecular complexity index is 429. The highest BCUT2D eigenvalue weighted by atomic mass is 16.5. The van der Waals surface area contributed by atoms with E-state index >= 15 is 0 Å². The molecule has 0 saturated carbocycles. The zero-order valence-electron chi connectivity index (χ0n) is 10.7. The first kappa shape index (κ1) is 11.8. The van der Waals surface area contributed by atoms with Crippen LogP contribution in [0.3, 0.4) is 0 Å². The Morgan fingerprint density at radius 1 is 1.17 bits per heavy atom. The highest BCUT2D eigenvalue weighted by molar-refractivity contribution is 5.46. The van der Waals surface area contributed by atoms with E-state index in [2.05, 4.69) is 17.4 Å². The van der Waals surface area contributed by atoms with E-state index in [-0.39, 0.29) is 5.41 Å². The van der Waals surface area contributed by atoms with Crippen LogP contribution in [0.5, 0.6) is 11.5 Å². The summed E-state index contributed by atoms with van der Waals surface area (Å²) < 4.78 is 16.8. The van der Waals surface area contributed by atoms with Crippen molar-refractivity contribution < 1.29 is 14.2 Å². The van der Waals surface area contributed by atoms with Crippen LogP contribution in [0.25, 0.3) is 0 Å². The molecule has 2 aliphatic heterocycles. The predicted molar refractivity (Wildman–Crippen MR) is 68.5 cm³/mol. The third kappa shape index (κ3) is 1.95. The van der Waals surface area contributed by atoms with Gasteiger partial charge in [-0.15, -0.1) is 0 Å². The molecule has 0 bridgehead atoms. The summed E-state index contributed by atoms with van der Waals surface area (Å²) in [5.41, 5.74) is 1.37. The molecule has 1 N–H and O–H groups in total. The van der Waals surface area contributed by atoms with E-state index in [1.807, 2.05) is 13.1 Å². The number of benzene rings is 1. The van der Waals surface area contributed by atoms with Crippen molar-refractivity contribution >= 4 is 0 Å². The third-order valence-corrected chi connectivity index (χ3v) is 3.63. The fourth-order valence-electron chi connectivity index (χ4n) is 2.55. The summed E-state index contributed by atoms with van der Waals surface area (Å²) in [4.78, 5) is 0. The molecule has 3 rings (SSSR count). The molecule has 1 aromatic carbocycles. The quantitative estimate of drug-likeness (QED) is 0.877. The van der Waals surface area contributed by atoms with Gasteiger partial charge >= 0.3 is 0 Å². The zero-order chi connectivity index (χ0) is 12.4. The summed E-state index contributed by atoms with van der Waals surface area (Å²) in [6, 6.07) is 6.26. The Morgan fingerprint density at radius 2 is 1.94 bits per heavy atom. The molecule has 1 aromatic rings. The highest BCUT2D eigenvalue weighted by Crippen LogP contribution is 2.38. The molecule has 0 aliphatic carbocycles. The van der Waals surface area contributed by atoms with E-state index in [1.54, 1.807) is 0 Å². The van der Waals surface area contributed by atoms with E-state index in [0.717, 1.165) is 50.9 Å². The van der Waals surface area contributed by atoms with Gasteiger partial charge in [0.25, 0.3) is 0 Å². The summed E-state index contributed by atoms with van der Waals surface area (Å²) in [6.07, 6.45) is 0.939. The van der Waals surface area contributed by atoms with Crippen LogP contribution in [0.1, 0.15) is 12.0 Å². The summed E-state index contributed by atoms with van der Waals surface area (Å²) in [7, 11) is 1.98. The van der Waals surface area contributed by atoms with Gasteiger partial charge < -0.3 is 19.5 Å². The predicted octanol–water partition coefficient (Wildman–Crippen LogP) is 1.34. The van der Waals surface area contributed by atoms with Crippen LogP contribution in [0.4, 0.5) is 0 Å². The number of hydrogen-bond donors (Lipinski definition) is 1. The van der Waals surface area contributed by atoms with Gasteiger partial charge in [-0.3, -0.25) is 0 Å². The molecule has 18 heavy (non-hydrogen) atoms. The van der Waals surface area contributed by atoms with Gasteiger partial charge in [-0.05, 0) is 24.7 Å². The number of hydrogen-bond acceptors (Lipinski definition) is 4. The van der Waals surface area contributed by atoms with Gasteiger partial charge in [0.15, 0.2) is 11.5 Å². The Hall–Kier alpha value is -1.26. The molecular weight excluding hydrogens is 230 g/mol. The molecular formula is C14H19NO3. The van der Waals surface area contributed by atoms with Gasteiger partial charge in [0.2, 0.25) is 0 Å². The molecule has 2 heterocycles. The molecule has 0 spiro atoms. The molecule has 98 valence electrons. The van der Waals surface area contributed by atoms with E-state index in [0.29, 0.717) is 0 Å². The SMILES string of the molecule is CNCC1(c2ccc3c(c2)OCCCO3)COC1. The molecule has 1 saturated heterocycles. The average molecular weight is 249 g/mol. The second-order valence-corrected chi connectivity index (χ2v) is 5.02. The van der Waals surface area contributed by atoms with Crippen LogP contribution in [-0.2, 0) is 10.2 Å². The van der Waals surface area contributed by atoms with E-state index in [9.17, 15) is 0 Å². The number of rotatable bonds is 3. The molecule has 2 aliphatic rings. The van der Waals surface area contributed by atoms with Gasteiger partial charge in [0, 0.05) is 13.0 Å². The first-order chi connectivity index (χ1) is 8.84. The van der Waals surface area contributed by atoms with Crippen LogP contribution >= 0.6 is 0 Å². The number of fused-ring (bicyclic) bond motifs is 1. The highest BCUT2D eigenvalue weighted by Gasteiger charge is 2.40. The van der Waals surface area contributed by atoms with Crippen LogP contribution in [0.15, 0.2) is 18.2 Å². The van der Waals surface area contributed by atoms with Crippen LogP contribution in [-0.4, -0.2) is 40.0 Å². The van der Waals surface area contributed by atoms with Gasteiger partial charge in [0.05, 0.1) is 31.8 Å². The lowest BCUT2D eigenvalue weighted by Crippen LogP contribution is -2.52. The van der Waals surface area contributed by atoms with E-state index in [1.165, 1.54) is 5.56 Å². The van der Waals surface area contributed by atoms with Crippen LogP contribution in [0.2, 0.25) is 0 Å². The maximum atomic E-state index is 5.74. The first-order valence-electron chi connectivity index (χ1n) is 6.47. The molecule has 4 nitrogen and oxygen atoms in total. The van der Waals surface area contributed by atoms with E-state index in [4.69, 9.17) is 14.2 Å². The van der Waals surface area contributed by atoms with Crippen molar-refractivity contribution in [3.05, 3.63) is 23.8 Å². The number of nitrogens with one attached hydrogen (secondary N) is 1. The average Bonchev–Trinajstić information content (AvgIpc) is 2.58. The second kappa shape index (κ2) is 4.78. The van der Waals surface area contributed by atoms with Crippen molar-refractivity contribution in [1.29, 1.82) is 0 Å². The lowest BCUT2D eigenvalue weighted by molar-refractivity contribution is -0.0583. The van der Waals surface area contributed by atoms with Crippen molar-refractivity contribution in [1.82, 2.24) is 5.32 Å². The van der Waals surface area contributed by atoms with Crippen molar-refractivity contribution in [3.8, 4) is 11.5 Å². The summed E-state index contributed by atoms with van der Waals surface area (Å²) >= 11 is 0. The van der Waals surface area contributed by atoms with Gasteiger partial charge in [-0.25, -0.2) is 0 Å². The number of ether oxygens (including phenoxy) is 3. The summed E-state index contributed by atoms with van der Waals surface area (Å²) in [5.74, 6) is 1.73. The Balaban J connectivity index is 1.91. The largest absolute Gasteiger partial charge is 0.490 e. The minimum atomic E-state index is 0.0967. The van der Waals surface area contributed by atoms with Crippen molar-refractivity contribution in [2.24, 2.45) is 0 Å².